The van der Waals surface area contributed by atoms with E-state index in [0.717, 1.165) is 16.1 Å². The van der Waals surface area contributed by atoms with Crippen LogP contribution in [-0.2, 0) is 0 Å². The lowest BCUT2D eigenvalue weighted by Gasteiger charge is -2.10. The third kappa shape index (κ3) is 2.44. The first-order valence-corrected chi connectivity index (χ1v) is 7.38. The summed E-state index contributed by atoms with van der Waals surface area (Å²) in [4.78, 5) is 23.4. The highest BCUT2D eigenvalue weighted by atomic mass is 79.9. The average Bonchev–Trinajstić information content (AvgIpc) is 2.57. The number of pyridine rings is 1. The molecule has 4 nitrogen and oxygen atoms in total. The third-order valence-corrected chi connectivity index (χ3v) is 4.11. The molecule has 0 saturated heterocycles. The van der Waals surface area contributed by atoms with Crippen molar-refractivity contribution >= 4 is 33.0 Å². The number of halogens is 1. The predicted molar refractivity (Wildman–Crippen MR) is 89.2 cm³/mol. The van der Waals surface area contributed by atoms with Crippen molar-refractivity contribution in [2.24, 2.45) is 0 Å². The van der Waals surface area contributed by atoms with Crippen LogP contribution in [0.2, 0.25) is 0 Å². The van der Waals surface area contributed by atoms with E-state index < -0.39 is 0 Å². The smallest absolute Gasteiger partial charge is 0.263 e. The van der Waals surface area contributed by atoms with Crippen LogP contribution in [0.1, 0.15) is 10.4 Å². The number of aldehydes is 1. The minimum Gasteiger partial charge on any atom is -0.497 e. The number of hydrogen-bond acceptors (Lipinski definition) is 3. The summed E-state index contributed by atoms with van der Waals surface area (Å²) in [6, 6.07) is 12.2. The van der Waals surface area contributed by atoms with Crippen molar-refractivity contribution in [1.82, 2.24) is 4.57 Å². The molecule has 0 saturated carbocycles. The topological polar surface area (TPSA) is 48.3 Å². The molecular weight excluding hydrogens is 346 g/mol. The zero-order chi connectivity index (χ0) is 15.7. The van der Waals surface area contributed by atoms with E-state index in [2.05, 4.69) is 15.9 Å². The summed E-state index contributed by atoms with van der Waals surface area (Å²) < 4.78 is 7.54. The fraction of sp³-hybridized carbons (Fsp3) is 0.0588. The lowest BCUT2D eigenvalue weighted by molar-refractivity contribution is 0.112. The summed E-state index contributed by atoms with van der Waals surface area (Å²) in [6.07, 6.45) is 2.50. The van der Waals surface area contributed by atoms with Crippen LogP contribution in [0.5, 0.6) is 5.75 Å². The Kier molecular flexibility index (Phi) is 3.81. The van der Waals surface area contributed by atoms with Crippen LogP contribution >= 0.6 is 15.9 Å². The summed E-state index contributed by atoms with van der Waals surface area (Å²) in [6.45, 7) is 0. The molecule has 0 aliphatic heterocycles. The minimum absolute atomic E-state index is 0.125. The van der Waals surface area contributed by atoms with Gasteiger partial charge in [-0.2, -0.15) is 0 Å². The second-order valence-electron chi connectivity index (χ2n) is 4.77. The van der Waals surface area contributed by atoms with Gasteiger partial charge in [-0.25, -0.2) is 0 Å². The van der Waals surface area contributed by atoms with Gasteiger partial charge in [0.15, 0.2) is 0 Å². The Morgan fingerprint density at radius 3 is 2.45 bits per heavy atom. The largest absolute Gasteiger partial charge is 0.497 e. The molecule has 0 aliphatic carbocycles. The molecule has 1 heterocycles. The van der Waals surface area contributed by atoms with Gasteiger partial charge in [-0.1, -0.05) is 0 Å². The van der Waals surface area contributed by atoms with Crippen molar-refractivity contribution in [2.45, 2.75) is 0 Å². The van der Waals surface area contributed by atoms with Gasteiger partial charge in [-0.15, -0.1) is 0 Å². The number of carbonyl (C=O) groups is 1. The van der Waals surface area contributed by atoms with E-state index in [1.807, 2.05) is 6.07 Å². The van der Waals surface area contributed by atoms with E-state index in [1.54, 1.807) is 54.3 Å². The van der Waals surface area contributed by atoms with E-state index >= 15 is 0 Å². The quantitative estimate of drug-likeness (QED) is 0.673. The Balaban J connectivity index is 2.24. The molecular formula is C17H12BrNO3. The van der Waals surface area contributed by atoms with Crippen LogP contribution < -0.4 is 10.3 Å². The molecule has 5 heteroatoms. The van der Waals surface area contributed by atoms with Crippen LogP contribution in [0, 0.1) is 0 Å². The Morgan fingerprint density at radius 2 is 1.82 bits per heavy atom. The molecule has 22 heavy (non-hydrogen) atoms. The number of ether oxygens (including phenoxy) is 1. The minimum atomic E-state index is -0.125. The number of benzene rings is 2. The Hall–Kier alpha value is -2.40. The van der Waals surface area contributed by atoms with Crippen molar-refractivity contribution in [3.63, 3.8) is 0 Å². The van der Waals surface area contributed by atoms with E-state index in [1.165, 1.54) is 0 Å². The zero-order valence-corrected chi connectivity index (χ0v) is 13.3. The number of hydrogen-bond donors (Lipinski definition) is 0. The second kappa shape index (κ2) is 5.77. The standard InChI is InChI=1S/C17H12BrNO3/c1-22-13-6-7-14-15(8-13)16(18)9-19(17(14)21)12-4-2-11(10-20)3-5-12/h2-10H,1H3. The van der Waals surface area contributed by atoms with Crippen molar-refractivity contribution in [3.05, 3.63) is 69.1 Å². The molecule has 0 N–H and O–H groups in total. The molecule has 0 spiro atoms. The van der Waals surface area contributed by atoms with Crippen LogP contribution in [-0.4, -0.2) is 18.0 Å². The van der Waals surface area contributed by atoms with Crippen LogP contribution in [0.15, 0.2) is 57.9 Å². The van der Waals surface area contributed by atoms with Gasteiger partial charge in [0.25, 0.3) is 5.56 Å². The van der Waals surface area contributed by atoms with Gasteiger partial charge in [-0.3, -0.25) is 14.2 Å². The van der Waals surface area contributed by atoms with Crippen LogP contribution in [0.3, 0.4) is 0 Å². The Bertz CT molecular complexity index is 914. The molecule has 1 aromatic heterocycles. The SMILES string of the molecule is COc1ccc2c(=O)n(-c3ccc(C=O)cc3)cc(Br)c2c1. The normalized spacial score (nSPS) is 10.6. The van der Waals surface area contributed by atoms with E-state index in [0.29, 0.717) is 22.4 Å². The van der Waals surface area contributed by atoms with Gasteiger partial charge in [0, 0.05) is 32.7 Å². The summed E-state index contributed by atoms with van der Waals surface area (Å²) in [5.41, 5.74) is 1.15. The maximum absolute atomic E-state index is 12.7. The highest BCUT2D eigenvalue weighted by Crippen LogP contribution is 2.26. The summed E-state index contributed by atoms with van der Waals surface area (Å²) in [5, 5.41) is 1.39. The average molecular weight is 358 g/mol. The Labute approximate surface area is 135 Å². The number of fused-ring (bicyclic) bond motifs is 1. The van der Waals surface area contributed by atoms with E-state index in [4.69, 9.17) is 4.74 Å². The number of nitrogens with zero attached hydrogens (tertiary/aromatic N) is 1. The molecule has 0 fully saturated rings. The van der Waals surface area contributed by atoms with E-state index in [9.17, 15) is 9.59 Å². The molecule has 0 bridgehead atoms. The molecule has 0 aliphatic rings. The lowest BCUT2D eigenvalue weighted by atomic mass is 10.1. The molecule has 0 unspecified atom stereocenters. The van der Waals surface area contributed by atoms with Crippen LogP contribution in [0.4, 0.5) is 0 Å². The van der Waals surface area contributed by atoms with Gasteiger partial charge < -0.3 is 4.74 Å². The third-order valence-electron chi connectivity index (χ3n) is 3.48. The molecule has 0 amide bonds. The van der Waals surface area contributed by atoms with Gasteiger partial charge in [0.2, 0.25) is 0 Å². The van der Waals surface area contributed by atoms with Crippen molar-refractivity contribution in [1.29, 1.82) is 0 Å². The number of carbonyl (C=O) groups excluding carboxylic acids is 1. The molecule has 0 atom stereocenters. The first kappa shape index (κ1) is 14.5. The molecule has 3 rings (SSSR count). The molecule has 110 valence electrons. The van der Waals surface area contributed by atoms with Gasteiger partial charge >= 0.3 is 0 Å². The summed E-state index contributed by atoms with van der Waals surface area (Å²) in [5.74, 6) is 0.695. The van der Waals surface area contributed by atoms with Crippen molar-refractivity contribution in [3.8, 4) is 11.4 Å². The van der Waals surface area contributed by atoms with Gasteiger partial charge in [0.05, 0.1) is 7.11 Å². The summed E-state index contributed by atoms with van der Waals surface area (Å²) >= 11 is 3.50. The first-order valence-electron chi connectivity index (χ1n) is 6.58. The lowest BCUT2D eigenvalue weighted by Crippen LogP contribution is -2.18. The molecule has 0 radical (unpaired) electrons. The number of methoxy groups -OCH3 is 1. The van der Waals surface area contributed by atoms with Crippen LogP contribution in [0.25, 0.3) is 16.5 Å². The summed E-state index contributed by atoms with van der Waals surface area (Å²) in [7, 11) is 1.59. The predicted octanol–water partition coefficient (Wildman–Crippen LogP) is 3.57. The zero-order valence-electron chi connectivity index (χ0n) is 11.7. The highest BCUT2D eigenvalue weighted by Gasteiger charge is 2.09. The monoisotopic (exact) mass is 357 g/mol. The number of rotatable bonds is 3. The molecule has 3 aromatic rings. The fourth-order valence-electron chi connectivity index (χ4n) is 2.31. The van der Waals surface area contributed by atoms with Crippen molar-refractivity contribution in [2.75, 3.05) is 7.11 Å². The van der Waals surface area contributed by atoms with Crippen molar-refractivity contribution < 1.29 is 9.53 Å². The van der Waals surface area contributed by atoms with Gasteiger partial charge in [0.1, 0.15) is 12.0 Å². The second-order valence-corrected chi connectivity index (χ2v) is 5.63. The van der Waals surface area contributed by atoms with E-state index in [-0.39, 0.29) is 5.56 Å². The maximum atomic E-state index is 12.7. The first-order chi connectivity index (χ1) is 10.6. The van der Waals surface area contributed by atoms with Gasteiger partial charge in [-0.05, 0) is 58.4 Å². The molecule has 2 aromatic carbocycles. The fourth-order valence-corrected chi connectivity index (χ4v) is 2.84. The highest BCUT2D eigenvalue weighted by molar-refractivity contribution is 9.10. The number of aromatic nitrogens is 1. The maximum Gasteiger partial charge on any atom is 0.263 e. The Morgan fingerprint density at radius 1 is 1.09 bits per heavy atom.